The minimum Gasteiger partial charge on any atom is -0.388 e. The van der Waals surface area contributed by atoms with Crippen molar-refractivity contribution in [1.82, 2.24) is 4.90 Å². The summed E-state index contributed by atoms with van der Waals surface area (Å²) in [7, 11) is 0. The number of hydrogen-bond acceptors (Lipinski definition) is 3. The molecule has 4 heteroatoms. The van der Waals surface area contributed by atoms with E-state index < -0.39 is 0 Å². The van der Waals surface area contributed by atoms with Gasteiger partial charge in [0.2, 0.25) is 5.91 Å². The lowest BCUT2D eigenvalue weighted by Gasteiger charge is -2.35. The molecule has 0 radical (unpaired) electrons. The molecule has 1 saturated heterocycles. The van der Waals surface area contributed by atoms with Crippen LogP contribution < -0.4 is 4.90 Å². The van der Waals surface area contributed by atoms with Gasteiger partial charge in [-0.05, 0) is 24.1 Å². The Balaban J connectivity index is 1.98. The van der Waals surface area contributed by atoms with Crippen LogP contribution in [0.3, 0.4) is 0 Å². The first kappa shape index (κ1) is 13.9. The zero-order valence-electron chi connectivity index (χ0n) is 11.7. The summed E-state index contributed by atoms with van der Waals surface area (Å²) in [5, 5.41) is 9.77. The van der Waals surface area contributed by atoms with Crippen molar-refractivity contribution in [3.8, 4) is 0 Å². The van der Waals surface area contributed by atoms with Crippen LogP contribution in [0.5, 0.6) is 0 Å². The smallest absolute Gasteiger partial charge is 0.219 e. The second kappa shape index (κ2) is 6.06. The third-order valence-corrected chi connectivity index (χ3v) is 3.75. The number of benzene rings is 1. The van der Waals surface area contributed by atoms with E-state index in [2.05, 4.69) is 17.0 Å². The van der Waals surface area contributed by atoms with E-state index in [0.717, 1.165) is 43.9 Å². The molecule has 4 nitrogen and oxygen atoms in total. The van der Waals surface area contributed by atoms with Crippen LogP contribution >= 0.6 is 0 Å². The molecule has 1 fully saturated rings. The molecule has 1 heterocycles. The Morgan fingerprint density at radius 2 is 1.79 bits per heavy atom. The second-order valence-electron chi connectivity index (χ2n) is 5.01. The van der Waals surface area contributed by atoms with Crippen molar-refractivity contribution in [3.63, 3.8) is 0 Å². The Kier molecular flexibility index (Phi) is 4.43. The van der Waals surface area contributed by atoms with Crippen molar-refractivity contribution in [2.75, 3.05) is 31.1 Å². The summed E-state index contributed by atoms with van der Waals surface area (Å²) < 4.78 is 0. The van der Waals surface area contributed by atoms with Crippen LogP contribution in [0.15, 0.2) is 24.3 Å². The van der Waals surface area contributed by atoms with Gasteiger partial charge in [-0.2, -0.15) is 0 Å². The van der Waals surface area contributed by atoms with Gasteiger partial charge < -0.3 is 14.9 Å². The predicted octanol–water partition coefficient (Wildman–Crippen LogP) is 1.80. The fraction of sp³-hybridized carbons (Fsp3) is 0.533. The fourth-order valence-electron chi connectivity index (χ4n) is 2.42. The lowest BCUT2D eigenvalue weighted by atomic mass is 10.1. The number of amides is 1. The van der Waals surface area contributed by atoms with Gasteiger partial charge in [0.25, 0.3) is 0 Å². The number of anilines is 1. The van der Waals surface area contributed by atoms with E-state index in [0.29, 0.717) is 0 Å². The van der Waals surface area contributed by atoms with Gasteiger partial charge in [-0.3, -0.25) is 4.79 Å². The number of aliphatic hydroxyl groups is 1. The number of rotatable bonds is 3. The normalized spacial score (nSPS) is 17.4. The number of piperazine rings is 1. The Bertz CT molecular complexity index is 422. The zero-order chi connectivity index (χ0) is 13.8. The molecule has 0 bridgehead atoms. The van der Waals surface area contributed by atoms with E-state index in [4.69, 9.17) is 0 Å². The van der Waals surface area contributed by atoms with Gasteiger partial charge in [0.15, 0.2) is 0 Å². The molecule has 1 aromatic carbocycles. The maximum Gasteiger partial charge on any atom is 0.219 e. The summed E-state index contributed by atoms with van der Waals surface area (Å²) in [6, 6.07) is 8.08. The molecule has 1 aliphatic heterocycles. The number of nitrogens with zero attached hydrogens (tertiary/aromatic N) is 2. The summed E-state index contributed by atoms with van der Waals surface area (Å²) in [5.41, 5.74) is 2.13. The average molecular weight is 262 g/mol. The topological polar surface area (TPSA) is 43.8 Å². The third-order valence-electron chi connectivity index (χ3n) is 3.75. The molecule has 0 aliphatic carbocycles. The summed E-state index contributed by atoms with van der Waals surface area (Å²) in [5.74, 6) is 0.154. The largest absolute Gasteiger partial charge is 0.388 e. The monoisotopic (exact) mass is 262 g/mol. The lowest BCUT2D eigenvalue weighted by Crippen LogP contribution is -2.48. The van der Waals surface area contributed by atoms with Crippen LogP contribution in [0.25, 0.3) is 0 Å². The highest BCUT2D eigenvalue weighted by Crippen LogP contribution is 2.22. The minimum atomic E-state index is -0.372. The van der Waals surface area contributed by atoms with Gasteiger partial charge >= 0.3 is 0 Å². The Labute approximate surface area is 114 Å². The molecule has 1 aliphatic rings. The van der Waals surface area contributed by atoms with Crippen molar-refractivity contribution >= 4 is 11.6 Å². The van der Waals surface area contributed by atoms with E-state index in [1.54, 1.807) is 6.92 Å². The van der Waals surface area contributed by atoms with Gasteiger partial charge in [-0.25, -0.2) is 0 Å². The van der Waals surface area contributed by atoms with Crippen LogP contribution in [0.1, 0.15) is 31.9 Å². The van der Waals surface area contributed by atoms with Crippen LogP contribution in [0.2, 0.25) is 0 Å². The first-order valence-corrected chi connectivity index (χ1v) is 6.90. The van der Waals surface area contributed by atoms with E-state index >= 15 is 0 Å². The van der Waals surface area contributed by atoms with Crippen molar-refractivity contribution < 1.29 is 9.90 Å². The number of carbonyl (C=O) groups is 1. The van der Waals surface area contributed by atoms with E-state index in [-0.39, 0.29) is 12.0 Å². The van der Waals surface area contributed by atoms with Crippen LogP contribution in [-0.4, -0.2) is 42.1 Å². The van der Waals surface area contributed by atoms with Crippen molar-refractivity contribution in [1.29, 1.82) is 0 Å². The lowest BCUT2D eigenvalue weighted by molar-refractivity contribution is -0.129. The molecule has 1 atom stereocenters. The molecule has 0 aromatic heterocycles. The van der Waals surface area contributed by atoms with Crippen LogP contribution in [0.4, 0.5) is 5.69 Å². The van der Waals surface area contributed by atoms with E-state index in [1.165, 1.54) is 0 Å². The molecule has 1 N–H and O–H groups in total. The highest BCUT2D eigenvalue weighted by atomic mass is 16.3. The van der Waals surface area contributed by atoms with Gasteiger partial charge in [-0.1, -0.05) is 19.1 Å². The summed E-state index contributed by atoms with van der Waals surface area (Å²) in [6.07, 6.45) is 0.361. The third kappa shape index (κ3) is 3.26. The average Bonchev–Trinajstić information content (AvgIpc) is 2.46. The maximum absolute atomic E-state index is 11.3. The van der Waals surface area contributed by atoms with Crippen LogP contribution in [-0.2, 0) is 4.79 Å². The maximum atomic E-state index is 11.3. The summed E-state index contributed by atoms with van der Waals surface area (Å²) in [6.45, 7) is 6.91. The summed E-state index contributed by atoms with van der Waals surface area (Å²) in [4.78, 5) is 15.4. The number of hydrogen-bond donors (Lipinski definition) is 1. The Morgan fingerprint density at radius 1 is 1.21 bits per heavy atom. The SMILES string of the molecule is CC[C@@H](O)c1ccc(N2CCN(C(C)=O)CC2)cc1. The van der Waals surface area contributed by atoms with Crippen molar-refractivity contribution in [2.24, 2.45) is 0 Å². The number of carbonyl (C=O) groups excluding carboxylic acids is 1. The molecule has 0 unspecified atom stereocenters. The Hall–Kier alpha value is -1.55. The molecular formula is C15H22N2O2. The molecule has 104 valence electrons. The van der Waals surface area contributed by atoms with E-state index in [1.807, 2.05) is 24.0 Å². The number of aliphatic hydroxyl groups excluding tert-OH is 1. The molecule has 0 saturated carbocycles. The molecular weight excluding hydrogens is 240 g/mol. The van der Waals surface area contributed by atoms with Crippen LogP contribution in [0, 0.1) is 0 Å². The van der Waals surface area contributed by atoms with Gasteiger partial charge in [0, 0.05) is 38.8 Å². The van der Waals surface area contributed by atoms with Crippen molar-refractivity contribution in [2.45, 2.75) is 26.4 Å². The molecule has 1 aromatic rings. The highest BCUT2D eigenvalue weighted by Gasteiger charge is 2.18. The fourth-order valence-corrected chi connectivity index (χ4v) is 2.42. The first-order chi connectivity index (χ1) is 9.11. The zero-order valence-corrected chi connectivity index (χ0v) is 11.7. The minimum absolute atomic E-state index is 0.154. The second-order valence-corrected chi connectivity index (χ2v) is 5.01. The molecule has 19 heavy (non-hydrogen) atoms. The quantitative estimate of drug-likeness (QED) is 0.903. The standard InChI is InChI=1S/C15H22N2O2/c1-3-15(19)13-4-6-14(7-5-13)17-10-8-16(9-11-17)12(2)18/h4-7,15,19H,3,8-11H2,1-2H3/t15-/m1/s1. The molecule has 2 rings (SSSR count). The van der Waals surface area contributed by atoms with Gasteiger partial charge in [-0.15, -0.1) is 0 Å². The molecule has 1 amide bonds. The van der Waals surface area contributed by atoms with Crippen molar-refractivity contribution in [3.05, 3.63) is 29.8 Å². The van der Waals surface area contributed by atoms with E-state index in [9.17, 15) is 9.90 Å². The predicted molar refractivity (Wildman–Crippen MR) is 76.2 cm³/mol. The Morgan fingerprint density at radius 3 is 2.26 bits per heavy atom. The summed E-state index contributed by atoms with van der Waals surface area (Å²) >= 11 is 0. The van der Waals surface area contributed by atoms with Gasteiger partial charge in [0.05, 0.1) is 6.10 Å². The highest BCUT2D eigenvalue weighted by molar-refractivity contribution is 5.73. The first-order valence-electron chi connectivity index (χ1n) is 6.90. The van der Waals surface area contributed by atoms with Gasteiger partial charge in [0.1, 0.15) is 0 Å². The molecule has 0 spiro atoms.